The van der Waals surface area contributed by atoms with Crippen LogP contribution in [0.4, 0.5) is 5.95 Å². The molecule has 2 aromatic heterocycles. The summed E-state index contributed by atoms with van der Waals surface area (Å²) in [6.07, 6.45) is 1.87. The van der Waals surface area contributed by atoms with Gasteiger partial charge < -0.3 is 4.74 Å². The van der Waals surface area contributed by atoms with Crippen molar-refractivity contribution in [2.24, 2.45) is 0 Å². The number of amides is 1. The molecular weight excluding hydrogens is 432 g/mol. The van der Waals surface area contributed by atoms with Crippen LogP contribution < -0.4 is 10.1 Å². The van der Waals surface area contributed by atoms with E-state index in [1.165, 1.54) is 11.3 Å². The number of hydrogen-bond donors (Lipinski definition) is 1. The van der Waals surface area contributed by atoms with E-state index in [1.807, 2.05) is 96.4 Å². The summed E-state index contributed by atoms with van der Waals surface area (Å²) >= 11 is 1.46. The molecule has 0 saturated carbocycles. The number of nitrogens with zero attached hydrogens (tertiary/aromatic N) is 3. The molecule has 0 aliphatic carbocycles. The number of ether oxygens (including phenoxy) is 1. The Morgan fingerprint density at radius 2 is 1.76 bits per heavy atom. The summed E-state index contributed by atoms with van der Waals surface area (Å²) < 4.78 is 7.07. The Bertz CT molecular complexity index is 1440. The third-order valence-electron chi connectivity index (χ3n) is 5.11. The molecule has 0 bridgehead atoms. The fourth-order valence-corrected chi connectivity index (χ4v) is 4.33. The number of fused-ring (bicyclic) bond motifs is 1. The molecule has 6 nitrogen and oxygen atoms in total. The first-order chi connectivity index (χ1) is 16.2. The highest BCUT2D eigenvalue weighted by Crippen LogP contribution is 2.28. The van der Waals surface area contributed by atoms with Crippen molar-refractivity contribution in [3.8, 4) is 17.0 Å². The van der Waals surface area contributed by atoms with Crippen LogP contribution in [0.15, 0.2) is 90.3 Å². The van der Waals surface area contributed by atoms with Crippen LogP contribution in [0.25, 0.3) is 27.9 Å². The maximum Gasteiger partial charge on any atom is 0.258 e. The molecule has 0 fully saturated rings. The van der Waals surface area contributed by atoms with Crippen molar-refractivity contribution in [3.63, 3.8) is 0 Å². The molecule has 7 heteroatoms. The van der Waals surface area contributed by atoms with Gasteiger partial charge in [-0.2, -0.15) is 4.98 Å². The van der Waals surface area contributed by atoms with Crippen molar-refractivity contribution in [1.29, 1.82) is 0 Å². The van der Waals surface area contributed by atoms with E-state index in [2.05, 4.69) is 15.4 Å². The fraction of sp³-hybridized carbons (Fsp3) is 0.0385. The summed E-state index contributed by atoms with van der Waals surface area (Å²) in [5.74, 6) is 0.746. The minimum atomic E-state index is -0.272. The molecule has 1 amide bonds. The van der Waals surface area contributed by atoms with Crippen molar-refractivity contribution in [3.05, 3.63) is 101 Å². The first-order valence-electron chi connectivity index (χ1n) is 10.3. The van der Waals surface area contributed by atoms with Crippen LogP contribution in [0.5, 0.6) is 5.75 Å². The van der Waals surface area contributed by atoms with Gasteiger partial charge in [-0.1, -0.05) is 72.8 Å². The zero-order valence-electron chi connectivity index (χ0n) is 17.8. The molecule has 0 saturated heterocycles. The second kappa shape index (κ2) is 9.10. The van der Waals surface area contributed by atoms with E-state index < -0.39 is 0 Å². The Balaban J connectivity index is 1.47. The summed E-state index contributed by atoms with van der Waals surface area (Å²) in [6.45, 7) is 0. The smallest absolute Gasteiger partial charge is 0.258 e. The summed E-state index contributed by atoms with van der Waals surface area (Å²) in [4.78, 5) is 18.5. The zero-order valence-corrected chi connectivity index (χ0v) is 18.6. The Morgan fingerprint density at radius 1 is 1.00 bits per heavy atom. The molecule has 0 aliphatic rings. The molecule has 3 aromatic carbocycles. The lowest BCUT2D eigenvalue weighted by atomic mass is 10.0. The van der Waals surface area contributed by atoms with Crippen LogP contribution in [0.1, 0.15) is 11.1 Å². The lowest BCUT2D eigenvalue weighted by Crippen LogP contribution is -2.15. The quantitative estimate of drug-likeness (QED) is 0.267. The van der Waals surface area contributed by atoms with Gasteiger partial charge in [0.2, 0.25) is 4.96 Å². The van der Waals surface area contributed by atoms with E-state index in [9.17, 15) is 4.79 Å². The number of carbonyl (C=O) groups is 1. The number of methoxy groups -OCH3 is 1. The second-order valence-corrected chi connectivity index (χ2v) is 8.11. The molecule has 0 radical (unpaired) electrons. The van der Waals surface area contributed by atoms with Gasteiger partial charge >= 0.3 is 0 Å². The normalized spacial score (nSPS) is 11.5. The molecule has 2 heterocycles. The van der Waals surface area contributed by atoms with Crippen molar-refractivity contribution in [2.75, 3.05) is 12.4 Å². The third kappa shape index (κ3) is 4.40. The summed E-state index contributed by atoms with van der Waals surface area (Å²) in [5.41, 5.74) is 4.12. The molecule has 5 aromatic rings. The first-order valence-corrected chi connectivity index (χ1v) is 11.2. The predicted octanol–water partition coefficient (Wildman–Crippen LogP) is 5.65. The van der Waals surface area contributed by atoms with Gasteiger partial charge in [0.1, 0.15) is 5.75 Å². The maximum absolute atomic E-state index is 13.3. The van der Waals surface area contributed by atoms with Crippen LogP contribution in [0, 0.1) is 0 Å². The monoisotopic (exact) mass is 452 g/mol. The van der Waals surface area contributed by atoms with Crippen LogP contribution in [-0.4, -0.2) is 27.6 Å². The van der Waals surface area contributed by atoms with Crippen LogP contribution >= 0.6 is 11.3 Å². The number of rotatable bonds is 6. The summed E-state index contributed by atoms with van der Waals surface area (Å²) in [7, 11) is 1.64. The third-order valence-corrected chi connectivity index (χ3v) is 5.93. The van der Waals surface area contributed by atoms with E-state index in [0.717, 1.165) is 28.1 Å². The SMILES string of the molecule is COc1cccc(-c2csc3nc(NC(=O)/C(=C\c4ccccc4)c4ccccc4)nn23)c1. The molecule has 0 unspecified atom stereocenters. The largest absolute Gasteiger partial charge is 0.497 e. The Morgan fingerprint density at radius 3 is 2.52 bits per heavy atom. The number of benzene rings is 3. The van der Waals surface area contributed by atoms with Crippen molar-refractivity contribution in [1.82, 2.24) is 14.6 Å². The molecule has 1 N–H and O–H groups in total. The van der Waals surface area contributed by atoms with Crippen molar-refractivity contribution >= 4 is 39.8 Å². The van der Waals surface area contributed by atoms with Crippen LogP contribution in [0.2, 0.25) is 0 Å². The molecular formula is C26H20N4O2S. The van der Waals surface area contributed by atoms with E-state index in [-0.39, 0.29) is 11.9 Å². The summed E-state index contributed by atoms with van der Waals surface area (Å²) in [6, 6.07) is 27.1. The highest BCUT2D eigenvalue weighted by Gasteiger charge is 2.17. The number of anilines is 1. The lowest BCUT2D eigenvalue weighted by molar-refractivity contribution is -0.111. The van der Waals surface area contributed by atoms with E-state index in [4.69, 9.17) is 4.74 Å². The second-order valence-electron chi connectivity index (χ2n) is 7.27. The van der Waals surface area contributed by atoms with Gasteiger partial charge in [0, 0.05) is 16.5 Å². The minimum Gasteiger partial charge on any atom is -0.497 e. The topological polar surface area (TPSA) is 68.5 Å². The average Bonchev–Trinajstić information content (AvgIpc) is 3.44. The lowest BCUT2D eigenvalue weighted by Gasteiger charge is -2.08. The summed E-state index contributed by atoms with van der Waals surface area (Å²) in [5, 5.41) is 9.40. The zero-order chi connectivity index (χ0) is 22.6. The molecule has 162 valence electrons. The molecule has 0 spiro atoms. The Labute approximate surface area is 194 Å². The highest BCUT2D eigenvalue weighted by molar-refractivity contribution is 7.15. The van der Waals surface area contributed by atoms with Crippen LogP contribution in [-0.2, 0) is 4.79 Å². The number of thiazole rings is 1. The molecule has 0 aliphatic heterocycles. The number of nitrogens with one attached hydrogen (secondary N) is 1. The van der Waals surface area contributed by atoms with Gasteiger partial charge in [-0.25, -0.2) is 4.52 Å². The molecule has 5 rings (SSSR count). The Hall–Kier alpha value is -4.23. The van der Waals surface area contributed by atoms with Crippen molar-refractivity contribution in [2.45, 2.75) is 0 Å². The number of carbonyl (C=O) groups excluding carboxylic acids is 1. The van der Waals surface area contributed by atoms with Crippen molar-refractivity contribution < 1.29 is 9.53 Å². The van der Waals surface area contributed by atoms with E-state index >= 15 is 0 Å². The standard InChI is InChI=1S/C26H20N4O2S/c1-32-21-14-8-13-20(16-21)23-17-33-26-28-25(29-30(23)26)27-24(31)22(19-11-6-3-7-12-19)15-18-9-4-2-5-10-18/h2-17H,1H3,(H,27,29,31)/b22-15-. The number of hydrogen-bond acceptors (Lipinski definition) is 5. The fourth-order valence-electron chi connectivity index (χ4n) is 3.50. The Kier molecular flexibility index (Phi) is 5.70. The number of aromatic nitrogens is 3. The van der Waals surface area contributed by atoms with E-state index in [0.29, 0.717) is 10.5 Å². The minimum absolute atomic E-state index is 0.255. The van der Waals surface area contributed by atoms with Gasteiger partial charge in [-0.05, 0) is 29.3 Å². The van der Waals surface area contributed by atoms with Gasteiger partial charge in [0.25, 0.3) is 11.9 Å². The van der Waals surface area contributed by atoms with Gasteiger partial charge in [-0.15, -0.1) is 16.4 Å². The molecule has 33 heavy (non-hydrogen) atoms. The predicted molar refractivity (Wildman–Crippen MR) is 132 cm³/mol. The maximum atomic E-state index is 13.3. The van der Waals surface area contributed by atoms with Gasteiger partial charge in [0.15, 0.2) is 0 Å². The molecule has 0 atom stereocenters. The van der Waals surface area contributed by atoms with Crippen LogP contribution in [0.3, 0.4) is 0 Å². The van der Waals surface area contributed by atoms with E-state index in [1.54, 1.807) is 11.6 Å². The average molecular weight is 453 g/mol. The van der Waals surface area contributed by atoms with Gasteiger partial charge in [0.05, 0.1) is 12.8 Å². The highest BCUT2D eigenvalue weighted by atomic mass is 32.1. The first kappa shape index (κ1) is 20.7. The van der Waals surface area contributed by atoms with Gasteiger partial charge in [-0.3, -0.25) is 10.1 Å².